The molecule has 2 rings (SSSR count). The first-order chi connectivity index (χ1) is 6.77. The number of nitriles is 1. The third-order valence-corrected chi connectivity index (χ3v) is 3.19. The standard InChI is InChI=1S/C10H8N2OS/c11-3-7-5-14-10-8(7)2-1-6(4-13)9(10)12/h1-2,5,13H,4,12H2. The van der Waals surface area contributed by atoms with Gasteiger partial charge in [-0.3, -0.25) is 0 Å². The van der Waals surface area contributed by atoms with Gasteiger partial charge in [-0.15, -0.1) is 11.3 Å². The van der Waals surface area contributed by atoms with Gasteiger partial charge in [-0.1, -0.05) is 12.1 Å². The van der Waals surface area contributed by atoms with Crippen LogP contribution in [-0.2, 0) is 6.61 Å². The van der Waals surface area contributed by atoms with Crippen LogP contribution in [0.15, 0.2) is 17.5 Å². The lowest BCUT2D eigenvalue weighted by atomic mass is 10.1. The summed E-state index contributed by atoms with van der Waals surface area (Å²) in [7, 11) is 0. The molecule has 0 saturated carbocycles. The van der Waals surface area contributed by atoms with E-state index in [1.807, 2.05) is 6.07 Å². The summed E-state index contributed by atoms with van der Waals surface area (Å²) < 4.78 is 0.883. The normalized spacial score (nSPS) is 10.3. The van der Waals surface area contributed by atoms with E-state index in [0.717, 1.165) is 10.1 Å². The molecule has 0 bridgehead atoms. The molecule has 0 unspecified atom stereocenters. The van der Waals surface area contributed by atoms with Crippen molar-refractivity contribution in [2.24, 2.45) is 0 Å². The molecule has 3 N–H and O–H groups in total. The molecule has 14 heavy (non-hydrogen) atoms. The number of nitrogens with two attached hydrogens (primary N) is 1. The van der Waals surface area contributed by atoms with E-state index in [1.54, 1.807) is 11.4 Å². The molecule has 0 radical (unpaired) electrons. The van der Waals surface area contributed by atoms with Gasteiger partial charge in [-0.2, -0.15) is 5.26 Å². The largest absolute Gasteiger partial charge is 0.397 e. The van der Waals surface area contributed by atoms with E-state index in [-0.39, 0.29) is 6.61 Å². The minimum atomic E-state index is -0.0679. The van der Waals surface area contributed by atoms with Crippen LogP contribution in [0.5, 0.6) is 0 Å². The molecular formula is C10H8N2OS. The molecule has 0 amide bonds. The maximum atomic E-state index is 9.00. The second kappa shape index (κ2) is 3.29. The summed E-state index contributed by atoms with van der Waals surface area (Å²) in [5.74, 6) is 0. The molecule has 3 nitrogen and oxygen atoms in total. The van der Waals surface area contributed by atoms with Gasteiger partial charge in [0.05, 0.1) is 22.6 Å². The number of hydrogen-bond donors (Lipinski definition) is 2. The molecule has 1 aromatic carbocycles. The molecular weight excluding hydrogens is 196 g/mol. The Labute approximate surface area is 85.0 Å². The fraction of sp³-hybridized carbons (Fsp3) is 0.100. The van der Waals surface area contributed by atoms with Crippen molar-refractivity contribution >= 4 is 27.1 Å². The lowest BCUT2D eigenvalue weighted by Crippen LogP contribution is -1.93. The predicted octanol–water partition coefficient (Wildman–Crippen LogP) is 1.85. The first-order valence-electron chi connectivity index (χ1n) is 4.07. The Hall–Kier alpha value is -1.57. The average Bonchev–Trinajstić information content (AvgIpc) is 2.62. The van der Waals surface area contributed by atoms with Gasteiger partial charge in [-0.05, 0) is 0 Å². The Morgan fingerprint density at radius 2 is 2.29 bits per heavy atom. The molecule has 0 spiro atoms. The summed E-state index contributed by atoms with van der Waals surface area (Å²) in [5, 5.41) is 20.5. The topological polar surface area (TPSA) is 70.0 Å². The van der Waals surface area contributed by atoms with Crippen LogP contribution in [0.4, 0.5) is 5.69 Å². The highest BCUT2D eigenvalue weighted by molar-refractivity contribution is 7.18. The zero-order chi connectivity index (χ0) is 10.1. The van der Waals surface area contributed by atoms with Crippen LogP contribution in [0.1, 0.15) is 11.1 Å². The number of nitrogen functional groups attached to an aromatic ring is 1. The van der Waals surface area contributed by atoms with E-state index < -0.39 is 0 Å². The molecule has 4 heteroatoms. The van der Waals surface area contributed by atoms with Gasteiger partial charge in [0.15, 0.2) is 0 Å². The van der Waals surface area contributed by atoms with Crippen molar-refractivity contribution in [3.63, 3.8) is 0 Å². The van der Waals surface area contributed by atoms with Crippen LogP contribution in [0.2, 0.25) is 0 Å². The highest BCUT2D eigenvalue weighted by Gasteiger charge is 2.08. The quantitative estimate of drug-likeness (QED) is 0.696. The summed E-state index contributed by atoms with van der Waals surface area (Å²) in [5.41, 5.74) is 7.77. The van der Waals surface area contributed by atoms with Gasteiger partial charge in [0.1, 0.15) is 6.07 Å². The van der Waals surface area contributed by atoms with Crippen LogP contribution >= 0.6 is 11.3 Å². The van der Waals surface area contributed by atoms with Gasteiger partial charge in [0.25, 0.3) is 0 Å². The Bertz CT molecular complexity index is 525. The van der Waals surface area contributed by atoms with E-state index in [9.17, 15) is 0 Å². The number of benzene rings is 1. The molecule has 0 atom stereocenters. The van der Waals surface area contributed by atoms with E-state index in [1.165, 1.54) is 11.3 Å². The Morgan fingerprint density at radius 1 is 1.50 bits per heavy atom. The summed E-state index contributed by atoms with van der Waals surface area (Å²) in [4.78, 5) is 0. The highest BCUT2D eigenvalue weighted by Crippen LogP contribution is 2.32. The van der Waals surface area contributed by atoms with Crippen molar-refractivity contribution in [1.29, 1.82) is 5.26 Å². The zero-order valence-electron chi connectivity index (χ0n) is 7.32. The summed E-state index contributed by atoms with van der Waals surface area (Å²) in [6.45, 7) is -0.0679. The van der Waals surface area contributed by atoms with E-state index in [2.05, 4.69) is 6.07 Å². The molecule has 1 aromatic heterocycles. The molecule has 0 saturated heterocycles. The maximum absolute atomic E-state index is 9.00. The highest BCUT2D eigenvalue weighted by atomic mass is 32.1. The Kier molecular flexibility index (Phi) is 2.12. The molecule has 0 aliphatic rings. The van der Waals surface area contributed by atoms with Gasteiger partial charge in [0, 0.05) is 16.3 Å². The fourth-order valence-electron chi connectivity index (χ4n) is 1.39. The van der Waals surface area contributed by atoms with Crippen LogP contribution in [0, 0.1) is 11.3 Å². The lowest BCUT2D eigenvalue weighted by Gasteiger charge is -2.02. The summed E-state index contributed by atoms with van der Waals surface area (Å²) in [6.07, 6.45) is 0. The van der Waals surface area contributed by atoms with Crippen molar-refractivity contribution in [2.45, 2.75) is 6.61 Å². The molecule has 1 heterocycles. The predicted molar refractivity (Wildman–Crippen MR) is 56.9 cm³/mol. The Balaban J connectivity index is 2.80. The van der Waals surface area contributed by atoms with Crippen molar-refractivity contribution in [2.75, 3.05) is 5.73 Å². The van der Waals surface area contributed by atoms with E-state index >= 15 is 0 Å². The number of hydrogen-bond acceptors (Lipinski definition) is 4. The number of fused-ring (bicyclic) bond motifs is 1. The molecule has 70 valence electrons. The third kappa shape index (κ3) is 1.15. The number of aliphatic hydroxyl groups is 1. The van der Waals surface area contributed by atoms with E-state index in [4.69, 9.17) is 16.1 Å². The number of anilines is 1. The van der Waals surface area contributed by atoms with Gasteiger partial charge in [0.2, 0.25) is 0 Å². The first-order valence-corrected chi connectivity index (χ1v) is 4.95. The van der Waals surface area contributed by atoms with Crippen molar-refractivity contribution in [1.82, 2.24) is 0 Å². The monoisotopic (exact) mass is 204 g/mol. The molecule has 0 fully saturated rings. The van der Waals surface area contributed by atoms with Gasteiger partial charge >= 0.3 is 0 Å². The number of thiophene rings is 1. The second-order valence-corrected chi connectivity index (χ2v) is 3.81. The average molecular weight is 204 g/mol. The molecule has 0 aliphatic carbocycles. The summed E-state index contributed by atoms with van der Waals surface area (Å²) in [6, 6.07) is 5.69. The van der Waals surface area contributed by atoms with Crippen LogP contribution in [0.3, 0.4) is 0 Å². The van der Waals surface area contributed by atoms with Crippen molar-refractivity contribution in [3.8, 4) is 6.07 Å². The van der Waals surface area contributed by atoms with Crippen molar-refractivity contribution < 1.29 is 5.11 Å². The molecule has 2 aromatic rings. The first kappa shape index (κ1) is 9.00. The second-order valence-electron chi connectivity index (χ2n) is 2.93. The number of rotatable bonds is 1. The molecule has 0 aliphatic heterocycles. The van der Waals surface area contributed by atoms with Crippen molar-refractivity contribution in [3.05, 3.63) is 28.6 Å². The van der Waals surface area contributed by atoms with Crippen LogP contribution in [-0.4, -0.2) is 5.11 Å². The zero-order valence-corrected chi connectivity index (χ0v) is 8.14. The fourth-order valence-corrected chi connectivity index (χ4v) is 2.36. The van der Waals surface area contributed by atoms with Crippen LogP contribution in [0.25, 0.3) is 10.1 Å². The SMILES string of the molecule is N#Cc1csc2c(N)c(CO)ccc12. The van der Waals surface area contributed by atoms with Gasteiger partial charge in [-0.25, -0.2) is 0 Å². The summed E-state index contributed by atoms with van der Waals surface area (Å²) >= 11 is 1.44. The lowest BCUT2D eigenvalue weighted by molar-refractivity contribution is 0.282. The van der Waals surface area contributed by atoms with Crippen LogP contribution < -0.4 is 5.73 Å². The third-order valence-electron chi connectivity index (χ3n) is 2.16. The Morgan fingerprint density at radius 3 is 2.93 bits per heavy atom. The van der Waals surface area contributed by atoms with Gasteiger partial charge < -0.3 is 10.8 Å². The van der Waals surface area contributed by atoms with E-state index in [0.29, 0.717) is 16.8 Å². The number of aliphatic hydroxyl groups excluding tert-OH is 1. The minimum absolute atomic E-state index is 0.0679. The number of nitrogens with zero attached hydrogens (tertiary/aromatic N) is 1. The maximum Gasteiger partial charge on any atom is 0.101 e. The minimum Gasteiger partial charge on any atom is -0.397 e. The smallest absolute Gasteiger partial charge is 0.101 e.